The van der Waals surface area contributed by atoms with Crippen LogP contribution in [0.3, 0.4) is 0 Å². The van der Waals surface area contributed by atoms with Crippen LogP contribution in [0.1, 0.15) is 42.6 Å². The van der Waals surface area contributed by atoms with E-state index in [-0.39, 0.29) is 16.8 Å². The molecular weight excluding hydrogens is 384 g/mol. The number of aryl methyl sites for hydroxylation is 1. The summed E-state index contributed by atoms with van der Waals surface area (Å²) in [5, 5.41) is 0.510. The Bertz CT molecular complexity index is 959. The zero-order chi connectivity index (χ0) is 19.6. The lowest BCUT2D eigenvalue weighted by molar-refractivity contribution is 0.0985. The molecule has 2 aromatic rings. The Balaban J connectivity index is 1.92. The molecule has 0 aromatic heterocycles. The molecule has 1 atom stereocenters. The van der Waals surface area contributed by atoms with Crippen molar-refractivity contribution in [1.29, 1.82) is 0 Å². The Morgan fingerprint density at radius 2 is 2.04 bits per heavy atom. The number of nitrogens with one attached hydrogen (secondary N) is 1. The molecule has 0 unspecified atom stereocenters. The molecule has 7 heteroatoms. The van der Waals surface area contributed by atoms with Gasteiger partial charge < -0.3 is 4.90 Å². The fourth-order valence-electron chi connectivity index (χ4n) is 3.15. The third-order valence-corrected chi connectivity index (χ3v) is 6.59. The van der Waals surface area contributed by atoms with Gasteiger partial charge in [-0.3, -0.25) is 4.79 Å². The second-order valence-electron chi connectivity index (χ2n) is 6.79. The smallest absolute Gasteiger partial charge is 0.258 e. The van der Waals surface area contributed by atoms with E-state index in [2.05, 4.69) is 4.72 Å². The Morgan fingerprint density at radius 1 is 1.26 bits per heavy atom. The van der Waals surface area contributed by atoms with Crippen molar-refractivity contribution < 1.29 is 13.2 Å². The molecule has 1 heterocycles. The molecule has 0 saturated heterocycles. The van der Waals surface area contributed by atoms with E-state index in [4.69, 9.17) is 11.6 Å². The van der Waals surface area contributed by atoms with E-state index in [9.17, 15) is 13.2 Å². The second-order valence-corrected chi connectivity index (χ2v) is 8.94. The second kappa shape index (κ2) is 8.00. The summed E-state index contributed by atoms with van der Waals surface area (Å²) in [5.41, 5.74) is 2.14. The Hall–Kier alpha value is -1.89. The SMILES string of the molecule is CC[C@H](C)NS(=O)(=O)c1ccc2c(c1)CCCN2C(=O)c1cccc(Cl)c1. The topological polar surface area (TPSA) is 66.5 Å². The van der Waals surface area contributed by atoms with Crippen molar-refractivity contribution in [1.82, 2.24) is 4.72 Å². The molecule has 1 aliphatic rings. The summed E-state index contributed by atoms with van der Waals surface area (Å²) in [6.07, 6.45) is 2.23. The molecule has 3 rings (SSSR count). The molecule has 1 N–H and O–H groups in total. The lowest BCUT2D eigenvalue weighted by atomic mass is 10.0. The number of hydrogen-bond acceptors (Lipinski definition) is 3. The van der Waals surface area contributed by atoms with Crippen molar-refractivity contribution in [3.8, 4) is 0 Å². The molecule has 0 aliphatic carbocycles. The van der Waals surface area contributed by atoms with E-state index in [0.717, 1.165) is 24.1 Å². The van der Waals surface area contributed by atoms with Crippen LogP contribution in [0.2, 0.25) is 5.02 Å². The van der Waals surface area contributed by atoms with Crippen molar-refractivity contribution >= 4 is 33.2 Å². The van der Waals surface area contributed by atoms with Gasteiger partial charge in [-0.05, 0) is 68.1 Å². The van der Waals surface area contributed by atoms with Crippen molar-refractivity contribution in [3.63, 3.8) is 0 Å². The van der Waals surface area contributed by atoms with E-state index >= 15 is 0 Å². The van der Waals surface area contributed by atoms with Crippen LogP contribution < -0.4 is 9.62 Å². The van der Waals surface area contributed by atoms with E-state index in [1.807, 2.05) is 13.8 Å². The molecule has 144 valence electrons. The van der Waals surface area contributed by atoms with Gasteiger partial charge in [-0.15, -0.1) is 0 Å². The first-order valence-electron chi connectivity index (χ1n) is 9.04. The number of fused-ring (bicyclic) bond motifs is 1. The lowest BCUT2D eigenvalue weighted by Crippen LogP contribution is -2.36. The summed E-state index contributed by atoms with van der Waals surface area (Å²) in [4.78, 5) is 14.8. The number of rotatable bonds is 5. The number of carbonyl (C=O) groups is 1. The Morgan fingerprint density at radius 3 is 2.74 bits per heavy atom. The van der Waals surface area contributed by atoms with Gasteiger partial charge in [0.15, 0.2) is 0 Å². The first kappa shape index (κ1) is 19.9. The molecule has 0 bridgehead atoms. The maximum Gasteiger partial charge on any atom is 0.258 e. The molecule has 0 saturated carbocycles. The Kier molecular flexibility index (Phi) is 5.89. The third-order valence-electron chi connectivity index (χ3n) is 4.77. The number of halogens is 1. The molecule has 5 nitrogen and oxygen atoms in total. The summed E-state index contributed by atoms with van der Waals surface area (Å²) in [5.74, 6) is -0.133. The minimum Gasteiger partial charge on any atom is -0.308 e. The van der Waals surface area contributed by atoms with Gasteiger partial charge >= 0.3 is 0 Å². The van der Waals surface area contributed by atoms with Crippen molar-refractivity contribution in [2.75, 3.05) is 11.4 Å². The van der Waals surface area contributed by atoms with Gasteiger partial charge in [0.05, 0.1) is 4.90 Å². The van der Waals surface area contributed by atoms with Crippen LogP contribution in [0, 0.1) is 0 Å². The highest BCUT2D eigenvalue weighted by Crippen LogP contribution is 2.31. The molecule has 0 spiro atoms. The van der Waals surface area contributed by atoms with E-state index in [0.29, 0.717) is 23.6 Å². The van der Waals surface area contributed by atoms with E-state index in [1.54, 1.807) is 47.4 Å². The summed E-state index contributed by atoms with van der Waals surface area (Å²) < 4.78 is 27.8. The number of benzene rings is 2. The minimum absolute atomic E-state index is 0.132. The predicted molar refractivity (Wildman–Crippen MR) is 108 cm³/mol. The van der Waals surface area contributed by atoms with Crippen LogP contribution in [-0.2, 0) is 16.4 Å². The number of sulfonamides is 1. The van der Waals surface area contributed by atoms with Gasteiger partial charge in [0.1, 0.15) is 0 Å². The largest absolute Gasteiger partial charge is 0.308 e. The highest BCUT2D eigenvalue weighted by atomic mass is 35.5. The zero-order valence-corrected chi connectivity index (χ0v) is 17.0. The van der Waals surface area contributed by atoms with Gasteiger partial charge in [0.2, 0.25) is 10.0 Å². The first-order chi connectivity index (χ1) is 12.8. The third kappa shape index (κ3) is 4.34. The molecule has 27 heavy (non-hydrogen) atoms. The lowest BCUT2D eigenvalue weighted by Gasteiger charge is -2.30. The van der Waals surface area contributed by atoms with Gasteiger partial charge in [-0.2, -0.15) is 0 Å². The number of nitrogens with zero attached hydrogens (tertiary/aromatic N) is 1. The predicted octanol–water partition coefficient (Wildman–Crippen LogP) is 4.01. The number of hydrogen-bond donors (Lipinski definition) is 1. The van der Waals surface area contributed by atoms with Crippen molar-refractivity contribution in [2.45, 2.75) is 44.0 Å². The van der Waals surface area contributed by atoms with Gasteiger partial charge in [-0.25, -0.2) is 13.1 Å². The van der Waals surface area contributed by atoms with Crippen LogP contribution in [0.15, 0.2) is 47.4 Å². The van der Waals surface area contributed by atoms with Crippen LogP contribution in [0.5, 0.6) is 0 Å². The molecule has 0 fully saturated rings. The standard InChI is InChI=1S/C20H23ClN2O3S/c1-3-14(2)22-27(25,26)18-9-10-19-15(13-18)7-5-11-23(19)20(24)16-6-4-8-17(21)12-16/h4,6,8-10,12-14,22H,3,5,7,11H2,1-2H3/t14-/m0/s1. The average molecular weight is 407 g/mol. The molecule has 1 aliphatic heterocycles. The Labute approximate surface area is 165 Å². The summed E-state index contributed by atoms with van der Waals surface area (Å²) in [6, 6.07) is 11.7. The van der Waals surface area contributed by atoms with Gasteiger partial charge in [0, 0.05) is 28.9 Å². The average Bonchev–Trinajstić information content (AvgIpc) is 2.66. The van der Waals surface area contributed by atoms with Crippen molar-refractivity contribution in [2.24, 2.45) is 0 Å². The zero-order valence-electron chi connectivity index (χ0n) is 15.4. The summed E-state index contributed by atoms with van der Waals surface area (Å²) in [7, 11) is -3.57. The number of carbonyl (C=O) groups excluding carboxylic acids is 1. The number of anilines is 1. The summed E-state index contributed by atoms with van der Waals surface area (Å²) >= 11 is 6.01. The maximum absolute atomic E-state index is 12.9. The van der Waals surface area contributed by atoms with Gasteiger partial charge in [-0.1, -0.05) is 24.6 Å². The van der Waals surface area contributed by atoms with Gasteiger partial charge in [0.25, 0.3) is 5.91 Å². The first-order valence-corrected chi connectivity index (χ1v) is 10.9. The fraction of sp³-hybridized carbons (Fsp3) is 0.350. The maximum atomic E-state index is 12.9. The van der Waals surface area contributed by atoms with Crippen LogP contribution in [-0.4, -0.2) is 26.9 Å². The minimum atomic E-state index is -3.57. The molecule has 2 aromatic carbocycles. The molecule has 1 amide bonds. The van der Waals surface area contributed by atoms with Crippen molar-refractivity contribution in [3.05, 3.63) is 58.6 Å². The van der Waals surface area contributed by atoms with E-state index < -0.39 is 10.0 Å². The molecule has 0 radical (unpaired) electrons. The fourth-order valence-corrected chi connectivity index (χ4v) is 4.71. The quantitative estimate of drug-likeness (QED) is 0.815. The van der Waals surface area contributed by atoms with Crippen LogP contribution in [0.25, 0.3) is 0 Å². The monoisotopic (exact) mass is 406 g/mol. The molecular formula is C20H23ClN2O3S. The van der Waals surface area contributed by atoms with E-state index in [1.165, 1.54) is 0 Å². The number of amides is 1. The highest BCUT2D eigenvalue weighted by Gasteiger charge is 2.26. The normalized spacial score (nSPS) is 15.3. The van der Waals surface area contributed by atoms with Crippen LogP contribution in [0.4, 0.5) is 5.69 Å². The van der Waals surface area contributed by atoms with Crippen LogP contribution >= 0.6 is 11.6 Å². The highest BCUT2D eigenvalue weighted by molar-refractivity contribution is 7.89. The summed E-state index contributed by atoms with van der Waals surface area (Å²) in [6.45, 7) is 4.36.